The third-order valence-electron chi connectivity index (χ3n) is 5.29. The molecule has 144 valence electrons. The molecule has 0 spiro atoms. The molecule has 7 heteroatoms. The lowest BCUT2D eigenvalue weighted by atomic mass is 9.86. The molecule has 0 atom stereocenters. The van der Waals surface area contributed by atoms with Crippen molar-refractivity contribution in [3.63, 3.8) is 0 Å². The first-order valence-corrected chi connectivity index (χ1v) is 9.16. The number of ether oxygens (including phenoxy) is 3. The van der Waals surface area contributed by atoms with Crippen LogP contribution < -0.4 is 10.1 Å². The summed E-state index contributed by atoms with van der Waals surface area (Å²) in [5.74, 6) is 0.171. The summed E-state index contributed by atoms with van der Waals surface area (Å²) in [4.78, 5) is 12.7. The molecule has 0 aliphatic carbocycles. The van der Waals surface area contributed by atoms with Gasteiger partial charge in [0.2, 0.25) is 5.91 Å². The van der Waals surface area contributed by atoms with E-state index >= 15 is 0 Å². The van der Waals surface area contributed by atoms with Crippen LogP contribution in [-0.2, 0) is 33.0 Å². The van der Waals surface area contributed by atoms with Gasteiger partial charge < -0.3 is 24.1 Å². The Morgan fingerprint density at radius 1 is 1.19 bits per heavy atom. The SMILES string of the molecule is O=C(CC1(n2cccc2)CCOCC1)NCc1cc(F)cc2c1OCOC2. The van der Waals surface area contributed by atoms with Gasteiger partial charge in [0.25, 0.3) is 0 Å². The van der Waals surface area contributed by atoms with Crippen molar-refractivity contribution in [2.45, 2.75) is 38.0 Å². The van der Waals surface area contributed by atoms with Gasteiger partial charge in [0.1, 0.15) is 11.6 Å². The second kappa shape index (κ2) is 7.70. The highest BCUT2D eigenvalue weighted by Gasteiger charge is 2.36. The zero-order chi connectivity index (χ0) is 18.7. The summed E-state index contributed by atoms with van der Waals surface area (Å²) in [6, 6.07) is 6.74. The first kappa shape index (κ1) is 18.0. The average molecular weight is 374 g/mol. The van der Waals surface area contributed by atoms with Crippen molar-refractivity contribution in [1.82, 2.24) is 9.88 Å². The number of carbonyl (C=O) groups excluding carboxylic acids is 1. The number of nitrogens with zero attached hydrogens (tertiary/aromatic N) is 1. The van der Waals surface area contributed by atoms with E-state index in [0.29, 0.717) is 43.1 Å². The first-order chi connectivity index (χ1) is 13.2. The Labute approximate surface area is 157 Å². The topological polar surface area (TPSA) is 61.7 Å². The van der Waals surface area contributed by atoms with Crippen molar-refractivity contribution in [3.05, 3.63) is 53.6 Å². The predicted molar refractivity (Wildman–Crippen MR) is 95.6 cm³/mol. The number of amides is 1. The lowest BCUT2D eigenvalue weighted by Gasteiger charge is -2.38. The monoisotopic (exact) mass is 374 g/mol. The molecule has 1 aromatic heterocycles. The fraction of sp³-hybridized carbons (Fsp3) is 0.450. The summed E-state index contributed by atoms with van der Waals surface area (Å²) >= 11 is 0. The number of rotatable bonds is 5. The maximum atomic E-state index is 13.9. The van der Waals surface area contributed by atoms with Crippen molar-refractivity contribution >= 4 is 5.91 Å². The number of fused-ring (bicyclic) bond motifs is 1. The molecule has 2 aliphatic rings. The van der Waals surface area contributed by atoms with Gasteiger partial charge in [0, 0.05) is 43.3 Å². The summed E-state index contributed by atoms with van der Waals surface area (Å²) in [7, 11) is 0. The van der Waals surface area contributed by atoms with Gasteiger partial charge >= 0.3 is 0 Å². The van der Waals surface area contributed by atoms with Crippen LogP contribution in [0.3, 0.4) is 0 Å². The Hall–Kier alpha value is -2.38. The van der Waals surface area contributed by atoms with Crippen LogP contribution in [0.5, 0.6) is 5.75 Å². The fourth-order valence-corrected chi connectivity index (χ4v) is 3.87. The van der Waals surface area contributed by atoms with Gasteiger partial charge in [0.05, 0.1) is 18.6 Å². The van der Waals surface area contributed by atoms with Gasteiger partial charge in [0.15, 0.2) is 6.79 Å². The molecule has 2 aromatic rings. The fourth-order valence-electron chi connectivity index (χ4n) is 3.87. The van der Waals surface area contributed by atoms with Crippen molar-refractivity contribution in [3.8, 4) is 5.75 Å². The molecule has 4 rings (SSSR count). The number of aromatic nitrogens is 1. The first-order valence-electron chi connectivity index (χ1n) is 9.16. The molecule has 1 amide bonds. The average Bonchev–Trinajstić information content (AvgIpc) is 3.22. The van der Waals surface area contributed by atoms with E-state index in [1.165, 1.54) is 12.1 Å². The Bertz CT molecular complexity index is 801. The molecule has 1 aromatic carbocycles. The van der Waals surface area contributed by atoms with E-state index in [2.05, 4.69) is 9.88 Å². The Balaban J connectivity index is 1.46. The molecule has 0 unspecified atom stereocenters. The molecule has 1 N–H and O–H groups in total. The molecule has 27 heavy (non-hydrogen) atoms. The van der Waals surface area contributed by atoms with Crippen LogP contribution in [0.15, 0.2) is 36.7 Å². The normalized spacial score (nSPS) is 18.4. The highest BCUT2D eigenvalue weighted by atomic mass is 19.1. The summed E-state index contributed by atoms with van der Waals surface area (Å²) in [6.45, 7) is 1.94. The van der Waals surface area contributed by atoms with Crippen molar-refractivity contribution in [1.29, 1.82) is 0 Å². The van der Waals surface area contributed by atoms with Gasteiger partial charge in [-0.25, -0.2) is 4.39 Å². The van der Waals surface area contributed by atoms with Crippen molar-refractivity contribution in [2.24, 2.45) is 0 Å². The maximum absolute atomic E-state index is 13.9. The van der Waals surface area contributed by atoms with Crippen LogP contribution in [0, 0.1) is 5.82 Å². The van der Waals surface area contributed by atoms with E-state index in [1.54, 1.807) is 0 Å². The molecular weight excluding hydrogens is 351 g/mol. The molecular formula is C20H23FN2O4. The largest absolute Gasteiger partial charge is 0.467 e. The standard InChI is InChI=1S/C20H23FN2O4/c21-17-9-15(19-16(10-17)13-26-14-27-19)12-22-18(24)11-20(3-7-25-8-4-20)23-5-1-2-6-23/h1-2,5-6,9-10H,3-4,7-8,11-14H2,(H,22,24). The van der Waals surface area contributed by atoms with Gasteiger partial charge in [-0.1, -0.05) is 0 Å². The number of hydrogen-bond donors (Lipinski definition) is 1. The predicted octanol–water partition coefficient (Wildman–Crippen LogP) is 2.71. The number of benzene rings is 1. The summed E-state index contributed by atoms with van der Waals surface area (Å²) in [5.41, 5.74) is 1.01. The second-order valence-corrected chi connectivity index (χ2v) is 7.04. The minimum absolute atomic E-state index is 0.0735. The highest BCUT2D eigenvalue weighted by Crippen LogP contribution is 2.33. The highest BCUT2D eigenvalue weighted by molar-refractivity contribution is 5.77. The van der Waals surface area contributed by atoms with Crippen LogP contribution in [0.2, 0.25) is 0 Å². The second-order valence-electron chi connectivity index (χ2n) is 7.04. The summed E-state index contributed by atoms with van der Waals surface area (Å²) in [5, 5.41) is 2.93. The molecule has 0 radical (unpaired) electrons. The van der Waals surface area contributed by atoms with E-state index in [1.807, 2.05) is 24.5 Å². The number of halogens is 1. The van der Waals surface area contributed by atoms with Crippen LogP contribution in [0.4, 0.5) is 4.39 Å². The molecule has 1 saturated heterocycles. The number of hydrogen-bond acceptors (Lipinski definition) is 4. The van der Waals surface area contributed by atoms with E-state index in [9.17, 15) is 9.18 Å². The number of nitrogens with one attached hydrogen (secondary N) is 1. The Morgan fingerprint density at radius 3 is 2.74 bits per heavy atom. The summed E-state index contributed by atoms with van der Waals surface area (Å²) in [6.07, 6.45) is 5.91. The van der Waals surface area contributed by atoms with Gasteiger partial charge in [-0.05, 0) is 37.1 Å². The minimum atomic E-state index is -0.361. The van der Waals surface area contributed by atoms with Crippen molar-refractivity contribution < 1.29 is 23.4 Å². The quantitative estimate of drug-likeness (QED) is 0.874. The van der Waals surface area contributed by atoms with E-state index in [4.69, 9.17) is 14.2 Å². The minimum Gasteiger partial charge on any atom is -0.467 e. The third-order valence-corrected chi connectivity index (χ3v) is 5.29. The van der Waals surface area contributed by atoms with E-state index < -0.39 is 0 Å². The molecule has 3 heterocycles. The molecule has 2 aliphatic heterocycles. The van der Waals surface area contributed by atoms with E-state index in [-0.39, 0.29) is 30.6 Å². The lowest BCUT2D eigenvalue weighted by molar-refractivity contribution is -0.124. The third kappa shape index (κ3) is 3.84. The molecule has 0 bridgehead atoms. The van der Waals surface area contributed by atoms with Crippen LogP contribution in [-0.4, -0.2) is 30.5 Å². The molecule has 0 saturated carbocycles. The van der Waals surface area contributed by atoms with Gasteiger partial charge in [-0.2, -0.15) is 0 Å². The smallest absolute Gasteiger partial charge is 0.222 e. The van der Waals surface area contributed by atoms with Gasteiger partial charge in [-0.15, -0.1) is 0 Å². The zero-order valence-electron chi connectivity index (χ0n) is 15.1. The van der Waals surface area contributed by atoms with Gasteiger partial charge in [-0.3, -0.25) is 4.79 Å². The van der Waals surface area contributed by atoms with E-state index in [0.717, 1.165) is 12.8 Å². The Morgan fingerprint density at radius 2 is 1.96 bits per heavy atom. The Kier molecular flexibility index (Phi) is 5.13. The summed E-state index contributed by atoms with van der Waals surface area (Å²) < 4.78 is 32.2. The van der Waals surface area contributed by atoms with Crippen LogP contribution in [0.1, 0.15) is 30.4 Å². The lowest BCUT2D eigenvalue weighted by Crippen LogP contribution is -2.43. The molecule has 1 fully saturated rings. The van der Waals surface area contributed by atoms with Crippen LogP contribution >= 0.6 is 0 Å². The van der Waals surface area contributed by atoms with Crippen LogP contribution in [0.25, 0.3) is 0 Å². The number of carbonyl (C=O) groups is 1. The maximum Gasteiger partial charge on any atom is 0.222 e. The molecule has 6 nitrogen and oxygen atoms in total. The zero-order valence-corrected chi connectivity index (χ0v) is 15.1. The van der Waals surface area contributed by atoms with Crippen molar-refractivity contribution in [2.75, 3.05) is 20.0 Å².